The number of rotatable bonds is 6. The molecular weight excluding hydrogens is 383 g/mol. The van der Waals surface area contributed by atoms with E-state index in [0.29, 0.717) is 13.0 Å². The number of hydroxylamine groups is 1. The van der Waals surface area contributed by atoms with Crippen molar-refractivity contribution in [1.82, 2.24) is 5.48 Å². The van der Waals surface area contributed by atoms with Gasteiger partial charge in [0, 0.05) is 19.1 Å². The highest BCUT2D eigenvalue weighted by molar-refractivity contribution is 7.88. The third kappa shape index (κ3) is 4.99. The first-order chi connectivity index (χ1) is 12.1. The summed E-state index contributed by atoms with van der Waals surface area (Å²) in [6.45, 7) is 0.504. The highest BCUT2D eigenvalue weighted by atomic mass is 32.2. The van der Waals surface area contributed by atoms with Crippen LogP contribution < -0.4 is 14.4 Å². The molecule has 26 heavy (non-hydrogen) atoms. The van der Waals surface area contributed by atoms with Crippen LogP contribution in [0.5, 0.6) is 11.5 Å². The number of nitrogens with one attached hydrogen (secondary N) is 1. The van der Waals surface area contributed by atoms with E-state index in [1.807, 2.05) is 0 Å². The van der Waals surface area contributed by atoms with Gasteiger partial charge in [-0.15, -0.1) is 0 Å². The third-order valence-electron chi connectivity index (χ3n) is 3.33. The normalized spacial score (nSPS) is 18.2. The summed E-state index contributed by atoms with van der Waals surface area (Å²) in [5.41, 5.74) is -3.52. The van der Waals surface area contributed by atoms with Crippen LogP contribution in [0.3, 0.4) is 0 Å². The van der Waals surface area contributed by atoms with Gasteiger partial charge in [0.05, 0.1) is 12.7 Å². The summed E-state index contributed by atoms with van der Waals surface area (Å²) in [6, 6.07) is 2.77. The predicted octanol–water partition coefficient (Wildman–Crippen LogP) is 2.11. The molecule has 8 nitrogen and oxygen atoms in total. The van der Waals surface area contributed by atoms with E-state index in [0.717, 1.165) is 38.2 Å². The van der Waals surface area contributed by atoms with Crippen LogP contribution in [-0.2, 0) is 19.7 Å². The fourth-order valence-corrected chi connectivity index (χ4v) is 2.51. The van der Waals surface area contributed by atoms with E-state index >= 15 is 0 Å². The Morgan fingerprint density at radius 1 is 1.31 bits per heavy atom. The van der Waals surface area contributed by atoms with Crippen LogP contribution in [-0.4, -0.2) is 39.8 Å². The predicted molar refractivity (Wildman–Crippen MR) is 80.7 cm³/mol. The topological polar surface area (TPSA) is 100 Å². The number of hydrogen-bond donors (Lipinski definition) is 1. The Morgan fingerprint density at radius 3 is 2.62 bits per heavy atom. The van der Waals surface area contributed by atoms with Crippen molar-refractivity contribution in [2.75, 3.05) is 13.7 Å². The molecule has 1 amide bonds. The minimum atomic E-state index is -5.83. The molecule has 1 aliphatic heterocycles. The molecule has 0 saturated carbocycles. The first-order valence-electron chi connectivity index (χ1n) is 7.40. The van der Waals surface area contributed by atoms with E-state index in [-0.39, 0.29) is 11.3 Å². The largest absolute Gasteiger partial charge is 0.534 e. The minimum Gasteiger partial charge on any atom is -0.496 e. The summed E-state index contributed by atoms with van der Waals surface area (Å²) in [7, 11) is -4.68. The smallest absolute Gasteiger partial charge is 0.496 e. The maximum atomic E-state index is 12.3. The Hall–Kier alpha value is -2.05. The Kier molecular flexibility index (Phi) is 6.31. The van der Waals surface area contributed by atoms with Crippen LogP contribution in [0.2, 0.25) is 0 Å². The van der Waals surface area contributed by atoms with Crippen molar-refractivity contribution in [3.05, 3.63) is 23.8 Å². The number of hydrogen-bond acceptors (Lipinski definition) is 7. The van der Waals surface area contributed by atoms with E-state index < -0.39 is 33.6 Å². The van der Waals surface area contributed by atoms with Crippen molar-refractivity contribution >= 4 is 16.0 Å². The lowest BCUT2D eigenvalue weighted by Crippen LogP contribution is -2.33. The summed E-state index contributed by atoms with van der Waals surface area (Å²) in [5.74, 6) is -1.61. The van der Waals surface area contributed by atoms with Crippen LogP contribution >= 0.6 is 0 Å². The van der Waals surface area contributed by atoms with E-state index in [2.05, 4.69) is 9.66 Å². The molecular formula is C14H16F3NO7S. The fourth-order valence-electron chi connectivity index (χ4n) is 2.06. The van der Waals surface area contributed by atoms with Gasteiger partial charge in [-0.25, -0.2) is 10.3 Å². The van der Waals surface area contributed by atoms with Gasteiger partial charge < -0.3 is 13.7 Å². The van der Waals surface area contributed by atoms with Gasteiger partial charge in [0.25, 0.3) is 5.91 Å². The molecule has 0 spiro atoms. The van der Waals surface area contributed by atoms with E-state index in [1.165, 1.54) is 0 Å². The monoisotopic (exact) mass is 399 g/mol. The van der Waals surface area contributed by atoms with Crippen molar-refractivity contribution < 1.29 is 44.9 Å². The Balaban J connectivity index is 2.09. The second kappa shape index (κ2) is 8.10. The van der Waals surface area contributed by atoms with Gasteiger partial charge in [0.2, 0.25) is 0 Å². The number of halogens is 3. The van der Waals surface area contributed by atoms with Crippen LogP contribution in [0.25, 0.3) is 0 Å². The maximum absolute atomic E-state index is 12.3. The van der Waals surface area contributed by atoms with Crippen molar-refractivity contribution in [3.8, 4) is 11.5 Å². The lowest BCUT2D eigenvalue weighted by atomic mass is 10.2. The van der Waals surface area contributed by atoms with Gasteiger partial charge in [-0.05, 0) is 25.0 Å². The molecule has 1 saturated heterocycles. The van der Waals surface area contributed by atoms with Crippen LogP contribution in [0, 0.1) is 0 Å². The molecule has 12 heteroatoms. The second-order valence-electron chi connectivity index (χ2n) is 5.19. The van der Waals surface area contributed by atoms with E-state index in [9.17, 15) is 26.4 Å². The summed E-state index contributed by atoms with van der Waals surface area (Å²) in [5, 5.41) is 0. The van der Waals surface area contributed by atoms with Gasteiger partial charge in [0.15, 0.2) is 6.29 Å². The van der Waals surface area contributed by atoms with Crippen molar-refractivity contribution in [1.29, 1.82) is 0 Å². The molecule has 0 aliphatic carbocycles. The van der Waals surface area contributed by atoms with Crippen molar-refractivity contribution in [2.45, 2.75) is 31.1 Å². The molecule has 1 unspecified atom stereocenters. The molecule has 0 bridgehead atoms. The average molecular weight is 399 g/mol. The summed E-state index contributed by atoms with van der Waals surface area (Å²) < 4.78 is 73.2. The first-order valence-corrected chi connectivity index (χ1v) is 8.81. The standard InChI is InChI=1S/C14H16F3NO7S/c1-22-11-8-9(25-26(20,21)14(15,16)17)5-6-10(11)13(19)18-24-12-4-2-3-7-23-12/h5-6,8,12H,2-4,7H2,1H3,(H,18,19). The summed E-state index contributed by atoms with van der Waals surface area (Å²) >= 11 is 0. The Bertz CT molecular complexity index is 745. The minimum absolute atomic E-state index is 0.0972. The van der Waals surface area contributed by atoms with Crippen molar-refractivity contribution in [3.63, 3.8) is 0 Å². The maximum Gasteiger partial charge on any atom is 0.534 e. The summed E-state index contributed by atoms with van der Waals surface area (Å²) in [4.78, 5) is 17.2. The first kappa shape index (κ1) is 20.3. The van der Waals surface area contributed by atoms with Crippen molar-refractivity contribution in [2.24, 2.45) is 0 Å². The zero-order valence-electron chi connectivity index (χ0n) is 13.5. The quantitative estimate of drug-likeness (QED) is 0.444. The molecule has 2 rings (SSSR count). The number of benzene rings is 1. The molecule has 1 atom stereocenters. The zero-order valence-corrected chi connectivity index (χ0v) is 14.4. The molecule has 0 aromatic heterocycles. The molecule has 1 N–H and O–H groups in total. The van der Waals surface area contributed by atoms with Gasteiger partial charge in [-0.3, -0.25) is 4.79 Å². The second-order valence-corrected chi connectivity index (χ2v) is 6.73. The molecule has 1 fully saturated rings. The van der Waals surface area contributed by atoms with Crippen LogP contribution in [0.4, 0.5) is 13.2 Å². The summed E-state index contributed by atoms with van der Waals surface area (Å²) in [6.07, 6.45) is 1.77. The number of carbonyl (C=O) groups excluding carboxylic acids is 1. The third-order valence-corrected chi connectivity index (χ3v) is 4.31. The molecule has 146 valence electrons. The van der Waals surface area contributed by atoms with Gasteiger partial charge >= 0.3 is 15.6 Å². The molecule has 1 heterocycles. The number of methoxy groups -OCH3 is 1. The molecule has 0 radical (unpaired) electrons. The Morgan fingerprint density at radius 2 is 2.04 bits per heavy atom. The van der Waals surface area contributed by atoms with Gasteiger partial charge in [-0.1, -0.05) is 0 Å². The Labute approximate surface area is 147 Å². The van der Waals surface area contributed by atoms with E-state index in [4.69, 9.17) is 14.3 Å². The lowest BCUT2D eigenvalue weighted by molar-refractivity contribution is -0.186. The zero-order chi connectivity index (χ0) is 19.4. The van der Waals surface area contributed by atoms with E-state index in [1.54, 1.807) is 0 Å². The SMILES string of the molecule is COc1cc(OS(=O)(=O)C(F)(F)F)ccc1C(=O)NOC1CCCCO1. The highest BCUT2D eigenvalue weighted by Crippen LogP contribution is 2.30. The average Bonchev–Trinajstić information content (AvgIpc) is 2.59. The fraction of sp³-hybridized carbons (Fsp3) is 0.500. The van der Waals surface area contributed by atoms with Crippen LogP contribution in [0.1, 0.15) is 29.6 Å². The van der Waals surface area contributed by atoms with Gasteiger partial charge in [0.1, 0.15) is 11.5 Å². The molecule has 1 aromatic carbocycles. The molecule has 1 aliphatic rings. The number of ether oxygens (including phenoxy) is 2. The highest BCUT2D eigenvalue weighted by Gasteiger charge is 2.48. The number of alkyl halides is 3. The number of amides is 1. The molecule has 1 aromatic rings. The van der Waals surface area contributed by atoms with Gasteiger partial charge in [-0.2, -0.15) is 21.6 Å². The number of carbonyl (C=O) groups is 1. The lowest BCUT2D eigenvalue weighted by Gasteiger charge is -2.22. The van der Waals surface area contributed by atoms with Crippen LogP contribution in [0.15, 0.2) is 18.2 Å².